The predicted octanol–water partition coefficient (Wildman–Crippen LogP) is 3.18. The number of benzene rings is 3. The van der Waals surface area contributed by atoms with Crippen molar-refractivity contribution < 1.29 is 14.3 Å². The highest BCUT2D eigenvalue weighted by Crippen LogP contribution is 2.11. The van der Waals surface area contributed by atoms with Crippen molar-refractivity contribution in [2.75, 3.05) is 26.3 Å². The average molecular weight is 458 g/mol. The molecule has 0 aliphatic carbocycles. The lowest BCUT2D eigenvalue weighted by Gasteiger charge is -2.26. The number of morpholine rings is 1. The molecule has 2 amide bonds. The summed E-state index contributed by atoms with van der Waals surface area (Å²) < 4.78 is 5.43. The first kappa shape index (κ1) is 23.7. The molecule has 0 radical (unpaired) electrons. The Morgan fingerprint density at radius 1 is 0.824 bits per heavy atom. The summed E-state index contributed by atoms with van der Waals surface area (Å²) in [4.78, 5) is 28.3. The van der Waals surface area contributed by atoms with Crippen LogP contribution in [0.2, 0.25) is 0 Å². The highest BCUT2D eigenvalue weighted by molar-refractivity contribution is 5.97. The molecule has 2 N–H and O–H groups in total. The smallest absolute Gasteiger partial charge is 0.251 e. The van der Waals surface area contributed by atoms with E-state index in [0.717, 1.165) is 44.0 Å². The topological polar surface area (TPSA) is 70.7 Å². The number of ether oxygens (including phenoxy) is 1. The molecule has 1 saturated heterocycles. The van der Waals surface area contributed by atoms with Crippen LogP contribution in [0, 0.1) is 0 Å². The zero-order chi connectivity index (χ0) is 23.6. The average Bonchev–Trinajstić information content (AvgIpc) is 2.89. The second-order valence-electron chi connectivity index (χ2n) is 8.51. The van der Waals surface area contributed by atoms with Crippen molar-refractivity contribution in [3.8, 4) is 0 Å². The van der Waals surface area contributed by atoms with Gasteiger partial charge in [0, 0.05) is 38.2 Å². The van der Waals surface area contributed by atoms with Crippen LogP contribution in [-0.4, -0.2) is 49.1 Å². The maximum Gasteiger partial charge on any atom is 0.251 e. The van der Waals surface area contributed by atoms with Crippen molar-refractivity contribution in [2.45, 2.75) is 25.6 Å². The highest BCUT2D eigenvalue weighted by Gasteiger charge is 2.22. The molecule has 0 bridgehead atoms. The van der Waals surface area contributed by atoms with E-state index in [-0.39, 0.29) is 11.8 Å². The number of amides is 2. The van der Waals surface area contributed by atoms with Gasteiger partial charge in [-0.2, -0.15) is 0 Å². The molecule has 1 atom stereocenters. The van der Waals surface area contributed by atoms with Crippen LogP contribution in [0.4, 0.5) is 0 Å². The molecule has 1 aliphatic heterocycles. The summed E-state index contributed by atoms with van der Waals surface area (Å²) in [6.45, 7) is 4.68. The second kappa shape index (κ2) is 12.1. The Balaban J connectivity index is 1.39. The van der Waals surface area contributed by atoms with Crippen LogP contribution >= 0.6 is 0 Å². The fourth-order valence-corrected chi connectivity index (χ4v) is 4.06. The number of rotatable bonds is 9. The monoisotopic (exact) mass is 457 g/mol. The summed E-state index contributed by atoms with van der Waals surface area (Å²) in [5.41, 5.74) is 3.77. The first-order chi connectivity index (χ1) is 16.7. The zero-order valence-corrected chi connectivity index (χ0v) is 19.3. The van der Waals surface area contributed by atoms with Gasteiger partial charge in [0.1, 0.15) is 6.04 Å². The minimum absolute atomic E-state index is 0.202. The van der Waals surface area contributed by atoms with Gasteiger partial charge in [-0.05, 0) is 28.8 Å². The van der Waals surface area contributed by atoms with Crippen molar-refractivity contribution in [3.63, 3.8) is 0 Å². The lowest BCUT2D eigenvalue weighted by Crippen LogP contribution is -2.47. The highest BCUT2D eigenvalue weighted by atomic mass is 16.5. The van der Waals surface area contributed by atoms with E-state index in [4.69, 9.17) is 4.74 Å². The fraction of sp³-hybridized carbons (Fsp3) is 0.286. The maximum absolute atomic E-state index is 13.1. The van der Waals surface area contributed by atoms with Crippen LogP contribution in [0.5, 0.6) is 0 Å². The Morgan fingerprint density at radius 3 is 2.21 bits per heavy atom. The molecule has 1 aliphatic rings. The molecule has 4 rings (SSSR count). The van der Waals surface area contributed by atoms with E-state index < -0.39 is 6.04 Å². The molecule has 1 unspecified atom stereocenters. The predicted molar refractivity (Wildman–Crippen MR) is 132 cm³/mol. The SMILES string of the molecule is O=C(NC(Cc1ccccc1)C(=O)NCc1cccc(CN2CCOCC2)c1)c1ccccc1. The van der Waals surface area contributed by atoms with E-state index >= 15 is 0 Å². The summed E-state index contributed by atoms with van der Waals surface area (Å²) in [5, 5.41) is 5.93. The molecule has 1 fully saturated rings. The quantitative estimate of drug-likeness (QED) is 0.518. The molecule has 6 nitrogen and oxygen atoms in total. The van der Waals surface area contributed by atoms with Crippen molar-refractivity contribution >= 4 is 11.8 Å². The van der Waals surface area contributed by atoms with E-state index in [1.54, 1.807) is 12.1 Å². The standard InChI is InChI=1S/C28H31N3O3/c32-27(25-12-5-2-6-13-25)30-26(19-22-8-3-1-4-9-22)28(33)29-20-23-10-7-11-24(18-23)21-31-14-16-34-17-15-31/h1-13,18,26H,14-17,19-21H2,(H,29,33)(H,30,32). The molecular formula is C28H31N3O3. The third-order valence-corrected chi connectivity index (χ3v) is 5.91. The normalized spacial score (nSPS) is 14.8. The van der Waals surface area contributed by atoms with Gasteiger partial charge < -0.3 is 15.4 Å². The summed E-state index contributed by atoms with van der Waals surface area (Å²) in [5.74, 6) is -0.462. The maximum atomic E-state index is 13.1. The third-order valence-electron chi connectivity index (χ3n) is 5.91. The third kappa shape index (κ3) is 7.01. The molecule has 0 aromatic heterocycles. The summed E-state index contributed by atoms with van der Waals surface area (Å²) in [7, 11) is 0. The molecule has 34 heavy (non-hydrogen) atoms. The Labute approximate surface area is 200 Å². The van der Waals surface area contributed by atoms with Crippen molar-refractivity contribution in [2.24, 2.45) is 0 Å². The first-order valence-corrected chi connectivity index (χ1v) is 11.7. The van der Waals surface area contributed by atoms with Gasteiger partial charge in [-0.1, -0.05) is 72.8 Å². The summed E-state index contributed by atoms with van der Waals surface area (Å²) in [6, 6.07) is 26.3. The lowest BCUT2D eigenvalue weighted by molar-refractivity contribution is -0.123. The summed E-state index contributed by atoms with van der Waals surface area (Å²) in [6.07, 6.45) is 0.419. The Hall–Kier alpha value is -3.48. The van der Waals surface area contributed by atoms with Crippen molar-refractivity contribution in [1.82, 2.24) is 15.5 Å². The van der Waals surface area contributed by atoms with Crippen LogP contribution in [0.3, 0.4) is 0 Å². The van der Waals surface area contributed by atoms with Gasteiger partial charge in [-0.25, -0.2) is 0 Å². The second-order valence-corrected chi connectivity index (χ2v) is 8.51. The van der Waals surface area contributed by atoms with Crippen LogP contribution in [0.1, 0.15) is 27.0 Å². The van der Waals surface area contributed by atoms with E-state index in [0.29, 0.717) is 18.5 Å². The van der Waals surface area contributed by atoms with Crippen LogP contribution in [0.25, 0.3) is 0 Å². The molecular weight excluding hydrogens is 426 g/mol. The van der Waals surface area contributed by atoms with E-state index in [1.807, 2.05) is 60.7 Å². The molecule has 6 heteroatoms. The van der Waals surface area contributed by atoms with Crippen LogP contribution in [0.15, 0.2) is 84.9 Å². The summed E-state index contributed by atoms with van der Waals surface area (Å²) >= 11 is 0. The van der Waals surface area contributed by atoms with Gasteiger partial charge >= 0.3 is 0 Å². The first-order valence-electron chi connectivity index (χ1n) is 11.7. The van der Waals surface area contributed by atoms with E-state index in [2.05, 4.69) is 27.7 Å². The number of hydrogen-bond donors (Lipinski definition) is 2. The number of nitrogens with zero attached hydrogens (tertiary/aromatic N) is 1. The zero-order valence-electron chi connectivity index (χ0n) is 19.3. The molecule has 3 aromatic carbocycles. The lowest BCUT2D eigenvalue weighted by atomic mass is 10.0. The van der Waals surface area contributed by atoms with Gasteiger partial charge in [0.15, 0.2) is 0 Å². The van der Waals surface area contributed by atoms with Crippen LogP contribution in [-0.2, 0) is 29.0 Å². The minimum atomic E-state index is -0.674. The molecule has 0 saturated carbocycles. The van der Waals surface area contributed by atoms with E-state index in [9.17, 15) is 9.59 Å². The minimum Gasteiger partial charge on any atom is -0.379 e. The number of carbonyl (C=O) groups is 2. The van der Waals surface area contributed by atoms with E-state index in [1.165, 1.54) is 5.56 Å². The van der Waals surface area contributed by atoms with Gasteiger partial charge in [0.05, 0.1) is 13.2 Å². The van der Waals surface area contributed by atoms with Crippen molar-refractivity contribution in [1.29, 1.82) is 0 Å². The Bertz CT molecular complexity index is 1070. The van der Waals surface area contributed by atoms with Gasteiger partial charge in [-0.15, -0.1) is 0 Å². The number of carbonyl (C=O) groups excluding carboxylic acids is 2. The largest absolute Gasteiger partial charge is 0.379 e. The van der Waals surface area contributed by atoms with Crippen molar-refractivity contribution in [3.05, 3.63) is 107 Å². The molecule has 176 valence electrons. The molecule has 3 aromatic rings. The molecule has 0 spiro atoms. The van der Waals surface area contributed by atoms with Gasteiger partial charge in [0.2, 0.25) is 5.91 Å². The number of nitrogens with one attached hydrogen (secondary N) is 2. The van der Waals surface area contributed by atoms with Crippen LogP contribution < -0.4 is 10.6 Å². The van der Waals surface area contributed by atoms with Gasteiger partial charge in [-0.3, -0.25) is 14.5 Å². The molecule has 1 heterocycles. The Kier molecular flexibility index (Phi) is 8.43. The Morgan fingerprint density at radius 2 is 1.47 bits per heavy atom. The fourth-order valence-electron chi connectivity index (χ4n) is 4.06. The number of hydrogen-bond acceptors (Lipinski definition) is 4. The van der Waals surface area contributed by atoms with Gasteiger partial charge in [0.25, 0.3) is 5.91 Å².